The van der Waals surface area contributed by atoms with E-state index in [1.807, 2.05) is 4.90 Å². The lowest BCUT2D eigenvalue weighted by Crippen LogP contribution is -2.43. The Hall–Kier alpha value is 0.160. The van der Waals surface area contributed by atoms with E-state index >= 15 is 0 Å². The second-order valence-corrected chi connectivity index (χ2v) is 5.27. The predicted molar refractivity (Wildman–Crippen MR) is 64.6 cm³/mol. The summed E-state index contributed by atoms with van der Waals surface area (Å²) in [6.45, 7) is 4.39. The molecule has 3 nitrogen and oxygen atoms in total. The van der Waals surface area contributed by atoms with Crippen LogP contribution in [0, 0.1) is 11.8 Å². The quantitative estimate of drug-likeness (QED) is 0.529. The van der Waals surface area contributed by atoms with Gasteiger partial charge in [0.05, 0.1) is 4.43 Å². The minimum Gasteiger partial charge on any atom is -0.342 e. The molecule has 0 aromatic heterocycles. The van der Waals surface area contributed by atoms with E-state index in [-0.39, 0.29) is 0 Å². The number of likely N-dealkylation sites (tertiary alicyclic amines) is 2. The molecular weight excluding hydrogens is 291 g/mol. The molecule has 0 aromatic rings. The van der Waals surface area contributed by atoms with Crippen LogP contribution >= 0.6 is 22.6 Å². The summed E-state index contributed by atoms with van der Waals surface area (Å²) in [6.07, 6.45) is 1.21. The lowest BCUT2D eigenvalue weighted by molar-refractivity contribution is -0.130. The zero-order valence-corrected chi connectivity index (χ0v) is 10.7. The van der Waals surface area contributed by atoms with Crippen LogP contribution in [0.5, 0.6) is 0 Å². The number of hydrogen-bond donors (Lipinski definition) is 0. The van der Waals surface area contributed by atoms with Crippen LogP contribution in [0.1, 0.15) is 6.42 Å². The van der Waals surface area contributed by atoms with Crippen molar-refractivity contribution in [3.8, 4) is 0 Å². The number of fused-ring (bicyclic) bond motifs is 1. The van der Waals surface area contributed by atoms with Crippen LogP contribution in [0.2, 0.25) is 0 Å². The Labute approximate surface area is 99.0 Å². The van der Waals surface area contributed by atoms with Gasteiger partial charge in [0, 0.05) is 26.2 Å². The summed E-state index contributed by atoms with van der Waals surface area (Å²) in [5, 5.41) is 0. The Kier molecular flexibility index (Phi) is 3.31. The highest BCUT2D eigenvalue weighted by atomic mass is 127. The second kappa shape index (κ2) is 4.35. The maximum atomic E-state index is 11.5. The van der Waals surface area contributed by atoms with Crippen molar-refractivity contribution < 1.29 is 4.79 Å². The minimum atomic E-state index is 0.318. The van der Waals surface area contributed by atoms with Crippen molar-refractivity contribution >= 4 is 28.5 Å². The van der Waals surface area contributed by atoms with E-state index in [0.29, 0.717) is 10.3 Å². The highest BCUT2D eigenvalue weighted by molar-refractivity contribution is 14.1. The molecule has 2 aliphatic heterocycles. The third kappa shape index (κ3) is 2.05. The zero-order valence-electron chi connectivity index (χ0n) is 8.58. The van der Waals surface area contributed by atoms with Crippen molar-refractivity contribution in [2.45, 2.75) is 6.42 Å². The number of halogens is 1. The molecule has 0 aliphatic carbocycles. The molecule has 0 N–H and O–H groups in total. The van der Waals surface area contributed by atoms with Crippen molar-refractivity contribution in [3.05, 3.63) is 0 Å². The summed E-state index contributed by atoms with van der Waals surface area (Å²) in [5.41, 5.74) is 0. The molecule has 0 aromatic carbocycles. The molecule has 2 atom stereocenters. The van der Waals surface area contributed by atoms with Crippen LogP contribution in [0.15, 0.2) is 0 Å². The smallest absolute Gasteiger partial charge is 0.232 e. The second-order valence-electron chi connectivity index (χ2n) is 4.50. The first kappa shape index (κ1) is 10.7. The molecule has 2 unspecified atom stereocenters. The largest absolute Gasteiger partial charge is 0.342 e. The van der Waals surface area contributed by atoms with Gasteiger partial charge in [-0.25, -0.2) is 0 Å². The van der Waals surface area contributed by atoms with E-state index in [9.17, 15) is 4.79 Å². The van der Waals surface area contributed by atoms with Crippen molar-refractivity contribution in [2.24, 2.45) is 11.8 Å². The summed E-state index contributed by atoms with van der Waals surface area (Å²) < 4.78 is 0.630. The lowest BCUT2D eigenvalue weighted by atomic mass is 9.89. The number of carbonyl (C=O) groups excluding carboxylic acids is 1. The summed E-state index contributed by atoms with van der Waals surface area (Å²) in [6, 6.07) is 0. The van der Waals surface area contributed by atoms with Gasteiger partial charge in [0.2, 0.25) is 5.91 Å². The van der Waals surface area contributed by atoms with Gasteiger partial charge in [-0.2, -0.15) is 0 Å². The SMILES string of the molecule is CN1CC2CCN(C(=O)CI)CC2C1. The molecule has 2 heterocycles. The summed E-state index contributed by atoms with van der Waals surface area (Å²) >= 11 is 2.16. The fraction of sp³-hybridized carbons (Fsp3) is 0.900. The van der Waals surface area contributed by atoms with E-state index in [4.69, 9.17) is 0 Å². The standard InChI is InChI=1S/C10H17IN2O/c1-12-5-8-2-3-13(10(14)4-11)7-9(8)6-12/h8-9H,2-7H2,1H3. The van der Waals surface area contributed by atoms with Gasteiger partial charge in [-0.3, -0.25) is 4.79 Å². The van der Waals surface area contributed by atoms with E-state index in [2.05, 4.69) is 34.5 Å². The molecule has 2 fully saturated rings. The first-order valence-electron chi connectivity index (χ1n) is 5.23. The van der Waals surface area contributed by atoms with Gasteiger partial charge in [0.1, 0.15) is 0 Å². The van der Waals surface area contributed by atoms with Gasteiger partial charge in [-0.15, -0.1) is 0 Å². The third-order valence-electron chi connectivity index (χ3n) is 3.45. The fourth-order valence-electron chi connectivity index (χ4n) is 2.71. The molecule has 1 amide bonds. The highest BCUT2D eigenvalue weighted by Crippen LogP contribution is 2.30. The van der Waals surface area contributed by atoms with E-state index in [1.54, 1.807) is 0 Å². The van der Waals surface area contributed by atoms with Crippen molar-refractivity contribution in [2.75, 3.05) is 37.7 Å². The number of alkyl halides is 1. The van der Waals surface area contributed by atoms with Crippen LogP contribution < -0.4 is 0 Å². The monoisotopic (exact) mass is 308 g/mol. The number of amides is 1. The number of hydrogen-bond acceptors (Lipinski definition) is 2. The maximum absolute atomic E-state index is 11.5. The third-order valence-corrected chi connectivity index (χ3v) is 4.10. The Morgan fingerprint density at radius 1 is 1.36 bits per heavy atom. The Bertz CT molecular complexity index is 234. The molecule has 0 spiro atoms. The molecule has 2 aliphatic rings. The number of rotatable bonds is 1. The molecular formula is C10H17IN2O. The van der Waals surface area contributed by atoms with Crippen LogP contribution in [0.3, 0.4) is 0 Å². The summed E-state index contributed by atoms with van der Waals surface area (Å²) in [5.74, 6) is 1.90. The molecule has 0 radical (unpaired) electrons. The number of carbonyl (C=O) groups is 1. The first-order valence-corrected chi connectivity index (χ1v) is 6.75. The van der Waals surface area contributed by atoms with Crippen LogP contribution in [-0.2, 0) is 4.79 Å². The average molecular weight is 308 g/mol. The molecule has 0 saturated carbocycles. The van der Waals surface area contributed by atoms with Crippen LogP contribution in [0.25, 0.3) is 0 Å². The van der Waals surface area contributed by atoms with Crippen molar-refractivity contribution in [1.82, 2.24) is 9.80 Å². The average Bonchev–Trinajstić information content (AvgIpc) is 2.55. The predicted octanol–water partition coefficient (Wildman–Crippen LogP) is 0.831. The van der Waals surface area contributed by atoms with Gasteiger partial charge in [-0.1, -0.05) is 22.6 Å². The van der Waals surface area contributed by atoms with Gasteiger partial charge in [0.15, 0.2) is 0 Å². The van der Waals surface area contributed by atoms with Crippen LogP contribution in [0.4, 0.5) is 0 Å². The fourth-order valence-corrected chi connectivity index (χ4v) is 3.20. The Morgan fingerprint density at radius 3 is 2.79 bits per heavy atom. The minimum absolute atomic E-state index is 0.318. The highest BCUT2D eigenvalue weighted by Gasteiger charge is 2.36. The van der Waals surface area contributed by atoms with Gasteiger partial charge in [0.25, 0.3) is 0 Å². The molecule has 14 heavy (non-hydrogen) atoms. The normalized spacial score (nSPS) is 33.1. The Balaban J connectivity index is 1.94. The van der Waals surface area contributed by atoms with Gasteiger partial charge < -0.3 is 9.80 Å². The number of piperidine rings is 1. The Morgan fingerprint density at radius 2 is 2.07 bits per heavy atom. The number of nitrogens with zero attached hydrogens (tertiary/aromatic N) is 2. The first-order chi connectivity index (χ1) is 6.70. The van der Waals surface area contributed by atoms with E-state index in [0.717, 1.165) is 24.9 Å². The van der Waals surface area contributed by atoms with E-state index in [1.165, 1.54) is 19.5 Å². The lowest BCUT2D eigenvalue weighted by Gasteiger charge is -2.34. The molecule has 0 bridgehead atoms. The molecule has 2 saturated heterocycles. The maximum Gasteiger partial charge on any atom is 0.232 e. The molecule has 80 valence electrons. The molecule has 2 rings (SSSR count). The zero-order chi connectivity index (χ0) is 10.1. The van der Waals surface area contributed by atoms with Crippen molar-refractivity contribution in [3.63, 3.8) is 0 Å². The topological polar surface area (TPSA) is 23.6 Å². The molecule has 4 heteroatoms. The summed E-state index contributed by atoms with van der Waals surface area (Å²) in [4.78, 5) is 16.0. The van der Waals surface area contributed by atoms with Crippen molar-refractivity contribution in [1.29, 1.82) is 0 Å². The van der Waals surface area contributed by atoms with Gasteiger partial charge in [-0.05, 0) is 25.3 Å². The van der Waals surface area contributed by atoms with Crippen LogP contribution in [-0.4, -0.2) is 53.4 Å². The van der Waals surface area contributed by atoms with Gasteiger partial charge >= 0.3 is 0 Å². The van der Waals surface area contributed by atoms with E-state index < -0.39 is 0 Å². The summed E-state index contributed by atoms with van der Waals surface area (Å²) in [7, 11) is 2.18.